The number of nitrogens with zero attached hydrogens (tertiary/aromatic N) is 2. The van der Waals surface area contributed by atoms with Crippen LogP contribution in [0.4, 0.5) is 13.2 Å². The van der Waals surface area contributed by atoms with Crippen molar-refractivity contribution in [2.75, 3.05) is 0 Å². The van der Waals surface area contributed by atoms with Gasteiger partial charge in [-0.1, -0.05) is 0 Å². The van der Waals surface area contributed by atoms with E-state index in [0.29, 0.717) is 11.8 Å². The molecule has 0 aliphatic rings. The Balaban J connectivity index is 2.74. The Kier molecular flexibility index (Phi) is 3.05. The Labute approximate surface area is 102 Å². The third kappa shape index (κ3) is 2.25. The number of carbonyl (C=O) groups excluding carboxylic acids is 1. The number of rotatable bonds is 2. The summed E-state index contributed by atoms with van der Waals surface area (Å²) in [6.07, 6.45) is -3.98. The van der Waals surface area contributed by atoms with E-state index < -0.39 is 17.2 Å². The van der Waals surface area contributed by atoms with E-state index in [2.05, 4.69) is 9.97 Å². The minimum atomic E-state index is -4.59. The SMILES string of the molecule is O=CCc1csc2c(C(F)(F)F)nc(Cl)nc12. The van der Waals surface area contributed by atoms with E-state index in [4.69, 9.17) is 11.6 Å². The summed E-state index contributed by atoms with van der Waals surface area (Å²) in [5.41, 5.74) is -0.543. The number of fused-ring (bicyclic) bond motifs is 1. The van der Waals surface area contributed by atoms with Crippen LogP contribution < -0.4 is 0 Å². The highest BCUT2D eigenvalue weighted by atomic mass is 35.5. The van der Waals surface area contributed by atoms with E-state index in [-0.39, 0.29) is 16.6 Å². The second kappa shape index (κ2) is 4.23. The molecule has 0 aliphatic carbocycles. The van der Waals surface area contributed by atoms with Gasteiger partial charge in [0.1, 0.15) is 6.29 Å². The monoisotopic (exact) mass is 280 g/mol. The second-order valence-corrected chi connectivity index (χ2v) is 4.37. The molecule has 0 fully saturated rings. The van der Waals surface area contributed by atoms with Crippen LogP contribution in [0.1, 0.15) is 11.3 Å². The molecule has 0 radical (unpaired) electrons. The van der Waals surface area contributed by atoms with Crippen LogP contribution >= 0.6 is 22.9 Å². The number of hydrogen-bond donors (Lipinski definition) is 0. The van der Waals surface area contributed by atoms with Gasteiger partial charge in [0, 0.05) is 6.42 Å². The van der Waals surface area contributed by atoms with Crippen molar-refractivity contribution in [3.05, 3.63) is 21.9 Å². The molecule has 0 aliphatic heterocycles. The lowest BCUT2D eigenvalue weighted by Crippen LogP contribution is -2.09. The van der Waals surface area contributed by atoms with Gasteiger partial charge < -0.3 is 4.79 Å². The van der Waals surface area contributed by atoms with Gasteiger partial charge in [-0.05, 0) is 22.5 Å². The molecule has 0 amide bonds. The van der Waals surface area contributed by atoms with E-state index >= 15 is 0 Å². The minimum Gasteiger partial charge on any atom is -0.303 e. The average Bonchev–Trinajstić information content (AvgIpc) is 2.60. The Morgan fingerprint density at radius 2 is 2.12 bits per heavy atom. The van der Waals surface area contributed by atoms with Gasteiger partial charge in [-0.15, -0.1) is 11.3 Å². The Hall–Kier alpha value is -1.21. The number of alkyl halides is 3. The van der Waals surface area contributed by atoms with E-state index in [0.717, 1.165) is 11.3 Å². The molecule has 0 N–H and O–H groups in total. The fourth-order valence-corrected chi connectivity index (χ4v) is 2.56. The maximum Gasteiger partial charge on any atom is 0.434 e. The van der Waals surface area contributed by atoms with Gasteiger partial charge in [-0.25, -0.2) is 9.97 Å². The van der Waals surface area contributed by atoms with Crippen LogP contribution in [0.5, 0.6) is 0 Å². The summed E-state index contributed by atoms with van der Waals surface area (Å²) >= 11 is 6.31. The maximum absolute atomic E-state index is 12.7. The summed E-state index contributed by atoms with van der Waals surface area (Å²) in [6.45, 7) is 0. The molecule has 0 bridgehead atoms. The number of aldehydes is 1. The first-order chi connectivity index (χ1) is 7.93. The molecular weight excluding hydrogens is 277 g/mol. The van der Waals surface area contributed by atoms with Crippen molar-refractivity contribution >= 4 is 39.4 Å². The average molecular weight is 281 g/mol. The van der Waals surface area contributed by atoms with E-state index in [9.17, 15) is 18.0 Å². The zero-order valence-corrected chi connectivity index (χ0v) is 9.66. The van der Waals surface area contributed by atoms with Crippen molar-refractivity contribution < 1.29 is 18.0 Å². The first-order valence-electron chi connectivity index (χ1n) is 4.38. The summed E-state index contributed by atoms with van der Waals surface area (Å²) in [6, 6.07) is 0. The fraction of sp³-hybridized carbons (Fsp3) is 0.222. The lowest BCUT2D eigenvalue weighted by molar-refractivity contribution is -0.139. The van der Waals surface area contributed by atoms with E-state index in [1.165, 1.54) is 5.38 Å². The largest absolute Gasteiger partial charge is 0.434 e. The topological polar surface area (TPSA) is 42.9 Å². The number of hydrogen-bond acceptors (Lipinski definition) is 4. The number of aromatic nitrogens is 2. The molecular formula is C9H4ClF3N2OS. The predicted octanol–water partition coefficient (Wildman–Crippen LogP) is 3.10. The summed E-state index contributed by atoms with van der Waals surface area (Å²) in [7, 11) is 0. The Bertz CT molecular complexity index is 581. The molecule has 90 valence electrons. The van der Waals surface area contributed by atoms with Gasteiger partial charge >= 0.3 is 6.18 Å². The number of thiophene rings is 1. The summed E-state index contributed by atoms with van der Waals surface area (Å²) in [5.74, 6) is 0. The highest BCUT2D eigenvalue weighted by Crippen LogP contribution is 2.37. The molecule has 0 saturated carbocycles. The molecule has 2 aromatic rings. The summed E-state index contributed by atoms with van der Waals surface area (Å²) in [5, 5.41) is 0.981. The van der Waals surface area contributed by atoms with Gasteiger partial charge in [0.25, 0.3) is 0 Å². The lowest BCUT2D eigenvalue weighted by atomic mass is 10.2. The van der Waals surface area contributed by atoms with Crippen molar-refractivity contribution in [1.29, 1.82) is 0 Å². The third-order valence-corrected chi connectivity index (χ3v) is 3.23. The molecule has 0 atom stereocenters. The molecule has 0 aromatic carbocycles. The van der Waals surface area contributed by atoms with Crippen molar-refractivity contribution in [3.63, 3.8) is 0 Å². The third-order valence-electron chi connectivity index (χ3n) is 2.03. The number of carbonyl (C=O) groups is 1. The van der Waals surface area contributed by atoms with Gasteiger partial charge in [-0.3, -0.25) is 0 Å². The molecule has 8 heteroatoms. The normalized spacial score (nSPS) is 12.0. The van der Waals surface area contributed by atoms with E-state index in [1.807, 2.05) is 0 Å². The zero-order valence-electron chi connectivity index (χ0n) is 8.08. The molecule has 0 saturated heterocycles. The predicted molar refractivity (Wildman–Crippen MR) is 57.2 cm³/mol. The summed E-state index contributed by atoms with van der Waals surface area (Å²) < 4.78 is 37.9. The van der Waals surface area contributed by atoms with Gasteiger partial charge in [0.2, 0.25) is 5.28 Å². The molecule has 0 spiro atoms. The van der Waals surface area contributed by atoms with Gasteiger partial charge in [0.05, 0.1) is 10.2 Å². The van der Waals surface area contributed by atoms with Crippen LogP contribution in [0.15, 0.2) is 5.38 Å². The molecule has 2 aromatic heterocycles. The molecule has 2 rings (SSSR count). The highest BCUT2D eigenvalue weighted by molar-refractivity contribution is 7.17. The first kappa shape index (κ1) is 12.3. The Morgan fingerprint density at radius 1 is 1.41 bits per heavy atom. The highest BCUT2D eigenvalue weighted by Gasteiger charge is 2.36. The zero-order chi connectivity index (χ0) is 12.6. The summed E-state index contributed by atoms with van der Waals surface area (Å²) in [4.78, 5) is 17.3. The van der Waals surface area contributed by atoms with Gasteiger partial charge in [0.15, 0.2) is 5.69 Å². The van der Waals surface area contributed by atoms with Crippen molar-refractivity contribution in [3.8, 4) is 0 Å². The van der Waals surface area contributed by atoms with Crippen LogP contribution in [0.25, 0.3) is 10.2 Å². The Morgan fingerprint density at radius 3 is 2.71 bits per heavy atom. The smallest absolute Gasteiger partial charge is 0.303 e. The van der Waals surface area contributed by atoms with Crippen LogP contribution in [0.2, 0.25) is 5.28 Å². The standard InChI is InChI=1S/C9H4ClF3N2OS/c10-8-14-5-4(1-2-16)3-17-6(5)7(15-8)9(11,12)13/h2-3H,1H2. The number of halogens is 4. The second-order valence-electron chi connectivity index (χ2n) is 3.15. The van der Waals surface area contributed by atoms with E-state index in [1.54, 1.807) is 0 Å². The van der Waals surface area contributed by atoms with Crippen LogP contribution in [-0.2, 0) is 17.4 Å². The van der Waals surface area contributed by atoms with Crippen molar-refractivity contribution in [2.45, 2.75) is 12.6 Å². The molecule has 0 unspecified atom stereocenters. The van der Waals surface area contributed by atoms with Crippen LogP contribution in [0, 0.1) is 0 Å². The molecule has 17 heavy (non-hydrogen) atoms. The lowest BCUT2D eigenvalue weighted by Gasteiger charge is -2.06. The minimum absolute atomic E-state index is 0.00460. The first-order valence-corrected chi connectivity index (χ1v) is 5.63. The maximum atomic E-state index is 12.7. The van der Waals surface area contributed by atoms with Gasteiger partial charge in [-0.2, -0.15) is 13.2 Å². The van der Waals surface area contributed by atoms with Crippen LogP contribution in [0.3, 0.4) is 0 Å². The van der Waals surface area contributed by atoms with Crippen molar-refractivity contribution in [2.24, 2.45) is 0 Å². The van der Waals surface area contributed by atoms with Crippen molar-refractivity contribution in [1.82, 2.24) is 9.97 Å². The van der Waals surface area contributed by atoms with Crippen LogP contribution in [-0.4, -0.2) is 16.3 Å². The quantitative estimate of drug-likeness (QED) is 0.627. The molecule has 2 heterocycles. The fourth-order valence-electron chi connectivity index (χ4n) is 1.37. The molecule has 3 nitrogen and oxygen atoms in total.